The lowest BCUT2D eigenvalue weighted by Crippen LogP contribution is -1.97. The Morgan fingerprint density at radius 2 is 1.62 bits per heavy atom. The summed E-state index contributed by atoms with van der Waals surface area (Å²) >= 11 is 17.4. The second kappa shape index (κ2) is 5.58. The molecular formula is C9H3Cl3N4. The molecule has 7 heteroatoms. The first-order valence-corrected chi connectivity index (χ1v) is 5.00. The summed E-state index contributed by atoms with van der Waals surface area (Å²) in [6.07, 6.45) is 0. The summed E-state index contributed by atoms with van der Waals surface area (Å²) in [5.74, 6) is 0. The largest absolute Gasteiger partial charge is 0.273 e. The van der Waals surface area contributed by atoms with Crippen molar-refractivity contribution in [2.45, 2.75) is 0 Å². The SMILES string of the molecule is N#CC(C#N)=NNc1c(Cl)cc(Cl)cc1Cl. The minimum Gasteiger partial charge on any atom is -0.273 e. The van der Waals surface area contributed by atoms with Gasteiger partial charge in [-0.3, -0.25) is 5.43 Å². The lowest BCUT2D eigenvalue weighted by molar-refractivity contribution is 1.34. The van der Waals surface area contributed by atoms with Gasteiger partial charge in [-0.1, -0.05) is 34.8 Å². The third-order valence-corrected chi connectivity index (χ3v) is 2.31. The van der Waals surface area contributed by atoms with Crippen molar-refractivity contribution < 1.29 is 0 Å². The van der Waals surface area contributed by atoms with Crippen LogP contribution in [0.1, 0.15) is 0 Å². The van der Waals surface area contributed by atoms with Crippen molar-refractivity contribution in [2.24, 2.45) is 5.10 Å². The molecule has 4 nitrogen and oxygen atoms in total. The molecule has 0 aromatic heterocycles. The maximum absolute atomic E-state index is 8.46. The standard InChI is InChI=1S/C9H3Cl3N4/c10-5-1-7(11)9(8(12)2-5)16-15-6(3-13)4-14/h1-2,16H. The van der Waals surface area contributed by atoms with Gasteiger partial charge in [0, 0.05) is 5.02 Å². The fraction of sp³-hybridized carbons (Fsp3) is 0. The van der Waals surface area contributed by atoms with Crippen molar-refractivity contribution in [1.29, 1.82) is 10.5 Å². The lowest BCUT2D eigenvalue weighted by Gasteiger charge is -2.05. The average molecular weight is 274 g/mol. The molecule has 0 aliphatic carbocycles. The molecule has 0 radical (unpaired) electrons. The molecule has 0 heterocycles. The minimum absolute atomic E-state index is 0.247. The normalized spacial score (nSPS) is 8.81. The topological polar surface area (TPSA) is 72.0 Å². The number of hydrogen-bond acceptors (Lipinski definition) is 4. The first-order chi connectivity index (χ1) is 7.58. The third-order valence-electron chi connectivity index (χ3n) is 1.50. The van der Waals surface area contributed by atoms with E-state index < -0.39 is 0 Å². The molecule has 0 spiro atoms. The molecule has 16 heavy (non-hydrogen) atoms. The number of benzene rings is 1. The molecule has 1 rings (SSSR count). The summed E-state index contributed by atoms with van der Waals surface area (Å²) in [6.45, 7) is 0. The van der Waals surface area contributed by atoms with Gasteiger partial charge in [0.25, 0.3) is 0 Å². The van der Waals surface area contributed by atoms with Crippen molar-refractivity contribution >= 4 is 46.2 Å². The third kappa shape index (κ3) is 3.01. The van der Waals surface area contributed by atoms with Crippen LogP contribution in [-0.2, 0) is 0 Å². The molecule has 1 aromatic carbocycles. The van der Waals surface area contributed by atoms with Crippen LogP contribution in [-0.4, -0.2) is 5.71 Å². The van der Waals surface area contributed by atoms with Gasteiger partial charge in [-0.05, 0) is 12.1 Å². The van der Waals surface area contributed by atoms with Gasteiger partial charge < -0.3 is 0 Å². The van der Waals surface area contributed by atoms with Crippen LogP contribution in [0.5, 0.6) is 0 Å². The number of nitrogens with one attached hydrogen (secondary N) is 1. The fourth-order valence-electron chi connectivity index (χ4n) is 0.836. The van der Waals surface area contributed by atoms with Crippen LogP contribution in [0.25, 0.3) is 0 Å². The maximum Gasteiger partial charge on any atom is 0.237 e. The van der Waals surface area contributed by atoms with Crippen LogP contribution in [0.2, 0.25) is 15.1 Å². The zero-order valence-electron chi connectivity index (χ0n) is 7.63. The van der Waals surface area contributed by atoms with Crippen molar-refractivity contribution in [2.75, 3.05) is 5.43 Å². The Hall–Kier alpha value is -1.46. The summed E-state index contributed by atoms with van der Waals surface area (Å²) < 4.78 is 0. The quantitative estimate of drug-likeness (QED) is 0.662. The van der Waals surface area contributed by atoms with E-state index in [9.17, 15) is 0 Å². The summed E-state index contributed by atoms with van der Waals surface area (Å²) in [7, 11) is 0. The summed E-state index contributed by atoms with van der Waals surface area (Å²) in [5, 5.41) is 21.3. The number of anilines is 1. The van der Waals surface area contributed by atoms with Crippen LogP contribution < -0.4 is 5.43 Å². The van der Waals surface area contributed by atoms with Crippen LogP contribution in [0.15, 0.2) is 17.2 Å². The van der Waals surface area contributed by atoms with Gasteiger partial charge in [-0.15, -0.1) is 0 Å². The van der Waals surface area contributed by atoms with Crippen molar-refractivity contribution in [1.82, 2.24) is 0 Å². The zero-order valence-corrected chi connectivity index (χ0v) is 9.90. The number of rotatable bonds is 2. The molecule has 0 unspecified atom stereocenters. The van der Waals surface area contributed by atoms with E-state index in [2.05, 4.69) is 10.5 Å². The Morgan fingerprint density at radius 1 is 1.12 bits per heavy atom. The fourth-order valence-corrected chi connectivity index (χ4v) is 1.74. The van der Waals surface area contributed by atoms with Gasteiger partial charge >= 0.3 is 0 Å². The van der Waals surface area contributed by atoms with E-state index in [1.807, 2.05) is 0 Å². The monoisotopic (exact) mass is 272 g/mol. The maximum atomic E-state index is 8.46. The van der Waals surface area contributed by atoms with Gasteiger partial charge in [0.15, 0.2) is 0 Å². The Labute approximate surface area is 107 Å². The molecule has 80 valence electrons. The molecule has 0 amide bonds. The van der Waals surface area contributed by atoms with Gasteiger partial charge in [-0.25, -0.2) is 0 Å². The molecule has 0 fully saturated rings. The van der Waals surface area contributed by atoms with Gasteiger partial charge in [0.05, 0.1) is 15.7 Å². The van der Waals surface area contributed by atoms with Gasteiger partial charge in [-0.2, -0.15) is 15.6 Å². The smallest absolute Gasteiger partial charge is 0.237 e. The van der Waals surface area contributed by atoms with Crippen LogP contribution in [0.4, 0.5) is 5.69 Å². The molecule has 0 atom stereocenters. The Balaban J connectivity index is 3.05. The second-order valence-corrected chi connectivity index (χ2v) is 3.79. The molecule has 0 aliphatic heterocycles. The van der Waals surface area contributed by atoms with Crippen molar-refractivity contribution in [3.8, 4) is 12.1 Å². The van der Waals surface area contributed by atoms with E-state index in [0.29, 0.717) is 5.02 Å². The van der Waals surface area contributed by atoms with Gasteiger partial charge in [0.1, 0.15) is 12.1 Å². The van der Waals surface area contributed by atoms with E-state index in [-0.39, 0.29) is 21.4 Å². The predicted molar refractivity (Wildman–Crippen MR) is 63.8 cm³/mol. The number of nitriles is 2. The summed E-state index contributed by atoms with van der Waals surface area (Å²) in [5.41, 5.74) is 2.39. The van der Waals surface area contributed by atoms with E-state index in [1.165, 1.54) is 12.1 Å². The van der Waals surface area contributed by atoms with Crippen molar-refractivity contribution in [3.63, 3.8) is 0 Å². The second-order valence-electron chi connectivity index (χ2n) is 2.54. The molecule has 0 bridgehead atoms. The predicted octanol–water partition coefficient (Wildman–Crippen LogP) is 3.46. The molecule has 0 saturated carbocycles. The highest BCUT2D eigenvalue weighted by Gasteiger charge is 2.07. The Kier molecular flexibility index (Phi) is 4.39. The molecule has 0 aliphatic rings. The highest BCUT2D eigenvalue weighted by atomic mass is 35.5. The van der Waals surface area contributed by atoms with E-state index in [1.54, 1.807) is 12.1 Å². The zero-order chi connectivity index (χ0) is 12.1. The van der Waals surface area contributed by atoms with Gasteiger partial charge in [0.2, 0.25) is 5.71 Å². The van der Waals surface area contributed by atoms with Crippen molar-refractivity contribution in [3.05, 3.63) is 27.2 Å². The summed E-state index contributed by atoms with van der Waals surface area (Å²) in [6, 6.07) is 6.10. The highest BCUT2D eigenvalue weighted by molar-refractivity contribution is 6.41. The minimum atomic E-state index is -0.331. The Bertz CT molecular complexity index is 486. The van der Waals surface area contributed by atoms with E-state index >= 15 is 0 Å². The number of hydrazone groups is 1. The molecular weight excluding hydrogens is 270 g/mol. The Morgan fingerprint density at radius 3 is 2.06 bits per heavy atom. The lowest BCUT2D eigenvalue weighted by atomic mass is 10.3. The average Bonchev–Trinajstić information content (AvgIpc) is 2.22. The highest BCUT2D eigenvalue weighted by Crippen LogP contribution is 2.33. The van der Waals surface area contributed by atoms with Crippen LogP contribution >= 0.6 is 34.8 Å². The number of halogens is 3. The first-order valence-electron chi connectivity index (χ1n) is 3.87. The molecule has 1 aromatic rings. The molecule has 0 saturated heterocycles. The molecule has 1 N–H and O–H groups in total. The summed E-state index contributed by atoms with van der Waals surface area (Å²) in [4.78, 5) is 0. The number of nitrogens with zero attached hydrogens (tertiary/aromatic N) is 3. The van der Waals surface area contributed by atoms with E-state index in [0.717, 1.165) is 0 Å². The van der Waals surface area contributed by atoms with Crippen LogP contribution in [0, 0.1) is 22.7 Å². The first kappa shape index (κ1) is 12.6. The van der Waals surface area contributed by atoms with E-state index in [4.69, 9.17) is 45.3 Å². The number of hydrogen-bond donors (Lipinski definition) is 1. The van der Waals surface area contributed by atoms with Crippen LogP contribution in [0.3, 0.4) is 0 Å².